The van der Waals surface area contributed by atoms with Crippen molar-refractivity contribution in [1.29, 1.82) is 0 Å². The average molecular weight is 490 g/mol. The van der Waals surface area contributed by atoms with E-state index in [0.717, 1.165) is 30.8 Å². The number of hydrogen-bond donors (Lipinski definition) is 2. The Balaban J connectivity index is 0.00000210. The number of rotatable bonds is 4. The Morgan fingerprint density at radius 1 is 1.19 bits per heavy atom. The second-order valence-electron chi connectivity index (χ2n) is 9.57. The third-order valence-corrected chi connectivity index (χ3v) is 7.32. The van der Waals surface area contributed by atoms with Crippen LogP contribution >= 0.6 is 24.0 Å². The Morgan fingerprint density at radius 3 is 2.59 bits per heavy atom. The van der Waals surface area contributed by atoms with E-state index in [0.29, 0.717) is 24.1 Å². The van der Waals surface area contributed by atoms with Crippen molar-refractivity contribution in [3.8, 4) is 0 Å². The standard InChI is InChI=1S/C20H34N4O2.HI/c1-20(2)17(14-7-8-26-18(14)20)23-19(21-11-16(25)24(3)4)22-15-10-12-5-6-13(15)9-12;/h12-15,17-18H,5-11H2,1-4H3,(H2,21,22,23);1H. The first-order chi connectivity index (χ1) is 12.4. The molecule has 27 heavy (non-hydrogen) atoms. The van der Waals surface area contributed by atoms with E-state index < -0.39 is 0 Å². The van der Waals surface area contributed by atoms with E-state index >= 15 is 0 Å². The first kappa shape index (κ1) is 21.1. The van der Waals surface area contributed by atoms with Gasteiger partial charge in [0.15, 0.2) is 5.96 Å². The zero-order valence-corrected chi connectivity index (χ0v) is 19.4. The molecule has 1 aliphatic heterocycles. The predicted molar refractivity (Wildman–Crippen MR) is 117 cm³/mol. The summed E-state index contributed by atoms with van der Waals surface area (Å²) in [5, 5.41) is 7.37. The molecule has 4 fully saturated rings. The highest BCUT2D eigenvalue weighted by molar-refractivity contribution is 14.0. The van der Waals surface area contributed by atoms with Crippen LogP contribution in [0, 0.1) is 23.2 Å². The molecule has 3 aliphatic carbocycles. The summed E-state index contributed by atoms with van der Waals surface area (Å²) in [6.07, 6.45) is 6.79. The molecule has 6 nitrogen and oxygen atoms in total. The van der Waals surface area contributed by atoms with Crippen molar-refractivity contribution in [2.45, 2.75) is 64.1 Å². The molecule has 6 atom stereocenters. The summed E-state index contributed by atoms with van der Waals surface area (Å²) in [4.78, 5) is 18.3. The molecular formula is C20H35IN4O2. The first-order valence-corrected chi connectivity index (χ1v) is 10.3. The SMILES string of the molecule is CN(C)C(=O)CN=C(NC1CC2CCC1C2)NC1C2CCOC2C1(C)C.I. The van der Waals surface area contributed by atoms with Gasteiger partial charge < -0.3 is 20.3 Å². The topological polar surface area (TPSA) is 66.0 Å². The minimum atomic E-state index is 0. The molecule has 0 spiro atoms. The van der Waals surface area contributed by atoms with E-state index in [1.165, 1.54) is 25.7 Å². The Hall–Kier alpha value is -0.570. The lowest BCUT2D eigenvalue weighted by molar-refractivity contribution is -0.127. The van der Waals surface area contributed by atoms with Crippen molar-refractivity contribution in [2.24, 2.45) is 28.2 Å². The largest absolute Gasteiger partial charge is 0.377 e. The van der Waals surface area contributed by atoms with Crippen molar-refractivity contribution < 1.29 is 9.53 Å². The van der Waals surface area contributed by atoms with Crippen LogP contribution in [-0.4, -0.2) is 62.2 Å². The molecule has 2 N–H and O–H groups in total. The van der Waals surface area contributed by atoms with Gasteiger partial charge in [-0.3, -0.25) is 4.79 Å². The van der Waals surface area contributed by atoms with Crippen LogP contribution in [0.25, 0.3) is 0 Å². The van der Waals surface area contributed by atoms with Gasteiger partial charge >= 0.3 is 0 Å². The fraction of sp³-hybridized carbons (Fsp3) is 0.900. The molecule has 1 saturated heterocycles. The van der Waals surface area contributed by atoms with Crippen LogP contribution in [-0.2, 0) is 9.53 Å². The van der Waals surface area contributed by atoms with Gasteiger partial charge in [0.1, 0.15) is 6.54 Å². The van der Waals surface area contributed by atoms with E-state index in [1.807, 2.05) is 0 Å². The first-order valence-electron chi connectivity index (χ1n) is 10.3. The van der Waals surface area contributed by atoms with Gasteiger partial charge in [-0.1, -0.05) is 20.3 Å². The quantitative estimate of drug-likeness (QED) is 0.361. The maximum Gasteiger partial charge on any atom is 0.243 e. The number of ether oxygens (including phenoxy) is 1. The van der Waals surface area contributed by atoms with Gasteiger partial charge in [0.2, 0.25) is 5.91 Å². The van der Waals surface area contributed by atoms with E-state index in [4.69, 9.17) is 4.74 Å². The molecule has 4 rings (SSSR count). The number of nitrogens with zero attached hydrogens (tertiary/aromatic N) is 2. The third kappa shape index (κ3) is 3.95. The van der Waals surface area contributed by atoms with E-state index in [2.05, 4.69) is 29.5 Å². The summed E-state index contributed by atoms with van der Waals surface area (Å²) in [5.74, 6) is 3.07. The summed E-state index contributed by atoms with van der Waals surface area (Å²) >= 11 is 0. The van der Waals surface area contributed by atoms with Crippen LogP contribution in [0.3, 0.4) is 0 Å². The molecule has 3 saturated carbocycles. The minimum Gasteiger partial charge on any atom is -0.377 e. The number of aliphatic imine (C=N–C) groups is 1. The van der Waals surface area contributed by atoms with Crippen LogP contribution in [0.4, 0.5) is 0 Å². The maximum atomic E-state index is 12.0. The Labute approximate surface area is 180 Å². The molecule has 0 aromatic heterocycles. The second-order valence-corrected chi connectivity index (χ2v) is 9.57. The van der Waals surface area contributed by atoms with Crippen molar-refractivity contribution in [3.05, 3.63) is 0 Å². The highest BCUT2D eigenvalue weighted by Crippen LogP contribution is 2.52. The number of amides is 1. The number of carbonyl (C=O) groups excluding carboxylic acids is 1. The normalized spacial score (nSPS) is 38.6. The van der Waals surface area contributed by atoms with Crippen molar-refractivity contribution in [2.75, 3.05) is 27.2 Å². The number of carbonyl (C=O) groups is 1. The molecule has 154 valence electrons. The Bertz CT molecular complexity index is 595. The number of hydrogen-bond acceptors (Lipinski definition) is 3. The second kappa shape index (κ2) is 8.05. The lowest BCUT2D eigenvalue weighted by Crippen LogP contribution is -2.68. The Kier molecular flexibility index (Phi) is 6.30. The number of likely N-dealkylation sites (N-methyl/N-ethyl adjacent to an activating group) is 1. The van der Waals surface area contributed by atoms with Crippen molar-refractivity contribution >= 4 is 35.8 Å². The van der Waals surface area contributed by atoms with Gasteiger partial charge in [-0.05, 0) is 37.5 Å². The highest BCUT2D eigenvalue weighted by atomic mass is 127. The number of nitrogens with one attached hydrogen (secondary N) is 2. The molecule has 0 aromatic carbocycles. The smallest absolute Gasteiger partial charge is 0.243 e. The number of halogens is 1. The fourth-order valence-electron chi connectivity index (χ4n) is 5.78. The highest BCUT2D eigenvalue weighted by Gasteiger charge is 2.59. The summed E-state index contributed by atoms with van der Waals surface area (Å²) in [6.45, 7) is 5.61. The zero-order valence-electron chi connectivity index (χ0n) is 17.0. The predicted octanol–water partition coefficient (Wildman–Crippen LogP) is 2.23. The Morgan fingerprint density at radius 2 is 1.96 bits per heavy atom. The van der Waals surface area contributed by atoms with Crippen LogP contribution in [0.1, 0.15) is 46.0 Å². The number of fused-ring (bicyclic) bond motifs is 3. The lowest BCUT2D eigenvalue weighted by atomic mass is 9.57. The summed E-state index contributed by atoms with van der Waals surface area (Å²) < 4.78 is 5.92. The van der Waals surface area contributed by atoms with Crippen molar-refractivity contribution in [1.82, 2.24) is 15.5 Å². The molecule has 2 bridgehead atoms. The van der Waals surface area contributed by atoms with Crippen LogP contribution < -0.4 is 10.6 Å². The third-order valence-electron chi connectivity index (χ3n) is 7.32. The van der Waals surface area contributed by atoms with Crippen molar-refractivity contribution in [3.63, 3.8) is 0 Å². The van der Waals surface area contributed by atoms with Crippen LogP contribution in [0.5, 0.6) is 0 Å². The van der Waals surface area contributed by atoms with Gasteiger partial charge in [-0.25, -0.2) is 4.99 Å². The van der Waals surface area contributed by atoms with E-state index in [-0.39, 0.29) is 41.8 Å². The van der Waals surface area contributed by atoms with Gasteiger partial charge in [-0.15, -0.1) is 24.0 Å². The fourth-order valence-corrected chi connectivity index (χ4v) is 5.78. The molecule has 4 aliphatic rings. The molecule has 0 aromatic rings. The summed E-state index contributed by atoms with van der Waals surface area (Å²) in [6, 6.07) is 0.863. The minimum absolute atomic E-state index is 0. The molecule has 1 heterocycles. The summed E-state index contributed by atoms with van der Waals surface area (Å²) in [7, 11) is 3.56. The van der Waals surface area contributed by atoms with Crippen LogP contribution in [0.15, 0.2) is 4.99 Å². The van der Waals surface area contributed by atoms with Gasteiger partial charge in [0.05, 0.1) is 6.10 Å². The van der Waals surface area contributed by atoms with E-state index in [9.17, 15) is 4.79 Å². The zero-order chi connectivity index (χ0) is 18.5. The molecular weight excluding hydrogens is 455 g/mol. The van der Waals surface area contributed by atoms with E-state index in [1.54, 1.807) is 19.0 Å². The lowest BCUT2D eigenvalue weighted by Gasteiger charge is -2.55. The molecule has 6 unspecified atom stereocenters. The maximum absolute atomic E-state index is 12.0. The average Bonchev–Trinajstić information content (AvgIpc) is 3.31. The monoisotopic (exact) mass is 490 g/mol. The van der Waals surface area contributed by atoms with Gasteiger partial charge in [-0.2, -0.15) is 0 Å². The van der Waals surface area contributed by atoms with Gasteiger partial charge in [0, 0.05) is 44.1 Å². The van der Waals surface area contributed by atoms with Gasteiger partial charge in [0.25, 0.3) is 0 Å². The number of guanidine groups is 1. The summed E-state index contributed by atoms with van der Waals surface area (Å²) in [5.41, 5.74) is 0.101. The molecule has 7 heteroatoms. The molecule has 0 radical (unpaired) electrons. The molecule has 1 amide bonds. The van der Waals surface area contributed by atoms with Crippen LogP contribution in [0.2, 0.25) is 0 Å².